The predicted molar refractivity (Wildman–Crippen MR) is 143 cm³/mol. The molecule has 2 aromatic heterocycles. The molecule has 6 heteroatoms. The molecule has 0 atom stereocenters. The number of methoxy groups -OCH3 is 1. The zero-order valence-electron chi connectivity index (χ0n) is 21.1. The van der Waals surface area contributed by atoms with Crippen molar-refractivity contribution in [2.45, 2.75) is 53.1 Å². The van der Waals surface area contributed by atoms with E-state index in [2.05, 4.69) is 49.1 Å². The lowest BCUT2D eigenvalue weighted by Gasteiger charge is -2.15. The van der Waals surface area contributed by atoms with Gasteiger partial charge in [-0.2, -0.15) is 0 Å². The second-order valence-electron chi connectivity index (χ2n) is 9.27. The zero-order valence-corrected chi connectivity index (χ0v) is 21.9. The van der Waals surface area contributed by atoms with Crippen LogP contribution in [0.2, 0.25) is 0 Å². The van der Waals surface area contributed by atoms with E-state index in [1.165, 1.54) is 15.3 Å². The molecule has 0 amide bonds. The summed E-state index contributed by atoms with van der Waals surface area (Å²) in [6.07, 6.45) is 3.69. The number of hydrogen-bond acceptors (Lipinski definition) is 5. The van der Waals surface area contributed by atoms with Crippen LogP contribution in [0.4, 0.5) is 4.39 Å². The molecule has 0 aliphatic heterocycles. The van der Waals surface area contributed by atoms with E-state index in [0.29, 0.717) is 18.0 Å². The average Bonchev–Trinajstić information content (AvgIpc) is 3.19. The van der Waals surface area contributed by atoms with Crippen molar-refractivity contribution in [2.24, 2.45) is 4.99 Å². The molecule has 34 heavy (non-hydrogen) atoms. The first-order valence-electron chi connectivity index (χ1n) is 11.4. The van der Waals surface area contributed by atoms with Gasteiger partial charge in [0.05, 0.1) is 12.8 Å². The van der Waals surface area contributed by atoms with Crippen LogP contribution in [-0.2, 0) is 18.5 Å². The van der Waals surface area contributed by atoms with Gasteiger partial charge in [-0.1, -0.05) is 39.0 Å². The van der Waals surface area contributed by atoms with Gasteiger partial charge in [0.2, 0.25) is 5.88 Å². The molecule has 0 saturated heterocycles. The smallest absolute Gasteiger partial charge is 0.214 e. The van der Waals surface area contributed by atoms with Crippen molar-refractivity contribution in [1.29, 1.82) is 0 Å². The summed E-state index contributed by atoms with van der Waals surface area (Å²) in [5.41, 5.74) is 5.28. The number of pyridine rings is 1. The highest BCUT2D eigenvalue weighted by atomic mass is 32.1. The second-order valence-corrected chi connectivity index (χ2v) is 10.5. The van der Waals surface area contributed by atoms with Gasteiger partial charge in [0.25, 0.3) is 0 Å². The first-order valence-corrected chi connectivity index (χ1v) is 12.2. The number of allylic oxidation sites excluding steroid dienone is 2. The van der Waals surface area contributed by atoms with Crippen LogP contribution in [0.15, 0.2) is 47.5 Å². The molecule has 1 N–H and O–H groups in total. The van der Waals surface area contributed by atoms with Gasteiger partial charge < -0.3 is 10.1 Å². The molecule has 0 radical (unpaired) electrons. The number of ether oxygens (including phenoxy) is 1. The molecule has 2 heterocycles. The summed E-state index contributed by atoms with van der Waals surface area (Å²) in [6.45, 7) is 11.9. The van der Waals surface area contributed by atoms with Crippen molar-refractivity contribution in [3.63, 3.8) is 0 Å². The Morgan fingerprint density at radius 1 is 1.12 bits per heavy atom. The summed E-state index contributed by atoms with van der Waals surface area (Å²) in [4.78, 5) is 11.3. The van der Waals surface area contributed by atoms with Crippen LogP contribution in [-0.4, -0.2) is 25.4 Å². The van der Waals surface area contributed by atoms with E-state index < -0.39 is 0 Å². The Bertz CT molecular complexity index is 1200. The molecule has 0 bridgehead atoms. The van der Waals surface area contributed by atoms with E-state index in [9.17, 15) is 0 Å². The second kappa shape index (κ2) is 11.1. The topological polar surface area (TPSA) is 46.5 Å². The Kier molecular flexibility index (Phi) is 8.39. The number of hydrogen-bond donors (Lipinski definition) is 1. The fourth-order valence-electron chi connectivity index (χ4n) is 3.62. The molecule has 0 unspecified atom stereocenters. The van der Waals surface area contributed by atoms with Crippen molar-refractivity contribution in [3.05, 3.63) is 74.9 Å². The minimum absolute atomic E-state index is 0.141. The van der Waals surface area contributed by atoms with E-state index >= 15 is 4.39 Å². The molecule has 3 aromatic rings. The van der Waals surface area contributed by atoms with E-state index in [0.717, 1.165) is 28.9 Å². The summed E-state index contributed by atoms with van der Waals surface area (Å²) in [5, 5.41) is 3.40. The monoisotopic (exact) mass is 479 g/mol. The lowest BCUT2D eigenvalue weighted by molar-refractivity contribution is 0.398. The van der Waals surface area contributed by atoms with Crippen molar-refractivity contribution in [3.8, 4) is 17.0 Å². The standard InChI is InChI=1S/C28H34FN3OS/c1-8-19(15-30-6)25-12-22(14-27(32-25)33-7)20-9-10-21(24(29)11-20)16-31-17-23-13-26(28(3,4)5)34-18(23)2/h8-15,31H,16-17H2,1-7H3/b19-8+,30-15?. The Labute approximate surface area is 206 Å². The van der Waals surface area contributed by atoms with Crippen molar-refractivity contribution in [2.75, 3.05) is 14.2 Å². The summed E-state index contributed by atoms with van der Waals surface area (Å²) in [5.74, 6) is 0.240. The molecule has 180 valence electrons. The average molecular weight is 480 g/mol. The highest BCUT2D eigenvalue weighted by Gasteiger charge is 2.18. The highest BCUT2D eigenvalue weighted by Crippen LogP contribution is 2.32. The number of nitrogens with zero attached hydrogens (tertiary/aromatic N) is 2. The number of halogens is 1. The zero-order chi connectivity index (χ0) is 24.9. The van der Waals surface area contributed by atoms with Gasteiger partial charge in [-0.25, -0.2) is 9.37 Å². The maximum absolute atomic E-state index is 15.0. The molecule has 0 spiro atoms. The highest BCUT2D eigenvalue weighted by molar-refractivity contribution is 7.12. The number of aliphatic imine (C=N–C) groups is 1. The molecule has 4 nitrogen and oxygen atoms in total. The van der Waals surface area contributed by atoms with Gasteiger partial charge in [0, 0.05) is 53.3 Å². The number of nitrogens with one attached hydrogen (secondary N) is 1. The quantitative estimate of drug-likeness (QED) is 0.355. The van der Waals surface area contributed by atoms with E-state index in [1.54, 1.807) is 26.4 Å². The first kappa shape index (κ1) is 25.8. The Morgan fingerprint density at radius 2 is 1.85 bits per heavy atom. The molecular weight excluding hydrogens is 445 g/mol. The molecule has 0 saturated carbocycles. The van der Waals surface area contributed by atoms with Crippen LogP contribution in [0.25, 0.3) is 16.7 Å². The molecule has 1 aromatic carbocycles. The maximum Gasteiger partial charge on any atom is 0.214 e. The normalized spacial score (nSPS) is 12.5. The molecular formula is C28H34FN3OS. The fourth-order valence-corrected chi connectivity index (χ4v) is 4.72. The van der Waals surface area contributed by atoms with Crippen molar-refractivity contribution < 1.29 is 9.13 Å². The third kappa shape index (κ3) is 6.19. The van der Waals surface area contributed by atoms with Gasteiger partial charge in [-0.3, -0.25) is 4.99 Å². The molecule has 0 fully saturated rings. The number of benzene rings is 1. The van der Waals surface area contributed by atoms with Crippen LogP contribution in [0.1, 0.15) is 54.3 Å². The SMILES string of the molecule is C/C=C(\C=NC)c1cc(-c2ccc(CNCc3cc(C(C)(C)C)sc3C)c(F)c2)cc(OC)n1. The van der Waals surface area contributed by atoms with Gasteiger partial charge in [0.1, 0.15) is 5.82 Å². The van der Waals surface area contributed by atoms with Crippen LogP contribution < -0.4 is 10.1 Å². The van der Waals surface area contributed by atoms with E-state index in [1.807, 2.05) is 48.6 Å². The lowest BCUT2D eigenvalue weighted by Crippen LogP contribution is -2.14. The third-order valence-corrected chi connectivity index (χ3v) is 7.18. The van der Waals surface area contributed by atoms with Crippen molar-refractivity contribution >= 4 is 23.1 Å². The maximum atomic E-state index is 15.0. The summed E-state index contributed by atoms with van der Waals surface area (Å²) < 4.78 is 20.4. The van der Waals surface area contributed by atoms with E-state index in [4.69, 9.17) is 4.74 Å². The number of rotatable bonds is 8. The van der Waals surface area contributed by atoms with Crippen LogP contribution in [0.5, 0.6) is 5.88 Å². The Balaban J connectivity index is 1.77. The van der Waals surface area contributed by atoms with Gasteiger partial charge in [0.15, 0.2) is 0 Å². The number of thiophene rings is 1. The third-order valence-electron chi connectivity index (χ3n) is 5.66. The largest absolute Gasteiger partial charge is 0.481 e. The van der Waals surface area contributed by atoms with Crippen LogP contribution in [0.3, 0.4) is 0 Å². The summed E-state index contributed by atoms with van der Waals surface area (Å²) in [6, 6.07) is 11.4. The van der Waals surface area contributed by atoms with Crippen LogP contribution >= 0.6 is 11.3 Å². The summed E-state index contributed by atoms with van der Waals surface area (Å²) >= 11 is 1.84. The fraction of sp³-hybridized carbons (Fsp3) is 0.357. The summed E-state index contributed by atoms with van der Waals surface area (Å²) in [7, 11) is 3.30. The molecule has 0 aliphatic rings. The van der Waals surface area contributed by atoms with Gasteiger partial charge in [-0.15, -0.1) is 11.3 Å². The first-order chi connectivity index (χ1) is 16.2. The molecule has 0 aliphatic carbocycles. The Morgan fingerprint density at radius 3 is 2.44 bits per heavy atom. The Hall–Kier alpha value is -2.83. The minimum atomic E-state index is -0.235. The lowest BCUT2D eigenvalue weighted by atomic mass is 9.94. The van der Waals surface area contributed by atoms with Gasteiger partial charge in [-0.05, 0) is 54.2 Å². The van der Waals surface area contributed by atoms with Gasteiger partial charge >= 0.3 is 0 Å². The number of aromatic nitrogens is 1. The number of aryl methyl sites for hydroxylation is 1. The molecule has 3 rings (SSSR count). The minimum Gasteiger partial charge on any atom is -0.481 e. The van der Waals surface area contributed by atoms with Crippen molar-refractivity contribution in [1.82, 2.24) is 10.3 Å². The van der Waals surface area contributed by atoms with Crippen LogP contribution in [0, 0.1) is 12.7 Å². The van der Waals surface area contributed by atoms with E-state index in [-0.39, 0.29) is 11.2 Å². The predicted octanol–water partition coefficient (Wildman–Crippen LogP) is 6.96.